The molecule has 0 amide bonds. The van der Waals surface area contributed by atoms with Gasteiger partial charge in [0.2, 0.25) is 0 Å². The average Bonchev–Trinajstić information content (AvgIpc) is 3.83. The number of carbonyl (C=O) groups excluding carboxylic acids is 6. The first kappa shape index (κ1) is 55.3. The molecule has 0 bridgehead atoms. The molecule has 1 aromatic carbocycles. The van der Waals surface area contributed by atoms with Crippen LogP contribution in [0.1, 0.15) is 168 Å². The fraction of sp³-hybridized carbons (Fsp3) is 0.679. The zero-order valence-electron chi connectivity index (χ0n) is 41.9. The summed E-state index contributed by atoms with van der Waals surface area (Å²) in [7, 11) is 0. The van der Waals surface area contributed by atoms with Gasteiger partial charge in [0.25, 0.3) is 0 Å². The summed E-state index contributed by atoms with van der Waals surface area (Å²) in [4.78, 5) is 79.7. The first-order valence-corrected chi connectivity index (χ1v) is 28.3. The number of benzene rings is 1. The molecule has 4 saturated carbocycles. The molecule has 0 unspecified atom stereocenters. The molecule has 14 heteroatoms. The Morgan fingerprint density at radius 3 is 1.16 bits per heavy atom. The van der Waals surface area contributed by atoms with Crippen LogP contribution in [-0.4, -0.2) is 62.2 Å². The average molecular weight is 1010 g/mol. The third-order valence-corrected chi connectivity index (χ3v) is 18.2. The molecule has 0 radical (unpaired) electrons. The van der Waals surface area contributed by atoms with E-state index in [0.29, 0.717) is 47.3 Å². The van der Waals surface area contributed by atoms with Crippen molar-refractivity contribution in [1.29, 1.82) is 0 Å². The fourth-order valence-electron chi connectivity index (χ4n) is 11.5. The van der Waals surface area contributed by atoms with Gasteiger partial charge in [-0.1, -0.05) is 102 Å². The van der Waals surface area contributed by atoms with E-state index in [2.05, 4.69) is 27.0 Å². The molecule has 1 aromatic rings. The predicted octanol–water partition coefficient (Wildman–Crippen LogP) is 12.8. The Labute approximate surface area is 424 Å². The summed E-state index contributed by atoms with van der Waals surface area (Å²) in [5.41, 5.74) is -0.346. The maximum Gasteiger partial charge on any atom is 0.347 e. The SMILES string of the molecule is C=CC(=O)OCCCCOC(=O)C(C(=O)OCCCCOC(=O)C=C)=C1Sc2c(OC(=O)C3CCC(C4CCC(CCC)CC4)CC3)ccc(OC(=O)C3CCC(C4CCC(CCC)CC4)CC3)c2S1. The van der Waals surface area contributed by atoms with E-state index in [9.17, 15) is 28.8 Å². The number of rotatable bonds is 24. The Morgan fingerprint density at radius 1 is 0.500 bits per heavy atom. The van der Waals surface area contributed by atoms with Crippen LogP contribution < -0.4 is 9.47 Å². The van der Waals surface area contributed by atoms with Gasteiger partial charge < -0.3 is 28.4 Å². The molecular weight excluding hydrogens is 929 g/mol. The van der Waals surface area contributed by atoms with Crippen LogP contribution in [0.5, 0.6) is 11.5 Å². The van der Waals surface area contributed by atoms with Gasteiger partial charge in [-0.2, -0.15) is 0 Å². The minimum absolute atomic E-state index is 0.0675. The highest BCUT2D eigenvalue weighted by molar-refractivity contribution is 8.25. The van der Waals surface area contributed by atoms with Crippen molar-refractivity contribution < 1.29 is 57.2 Å². The third-order valence-electron chi connectivity index (χ3n) is 15.5. The zero-order chi connectivity index (χ0) is 49.8. The largest absolute Gasteiger partial charge is 0.463 e. The molecule has 386 valence electrons. The number of hydrogen-bond donors (Lipinski definition) is 0. The zero-order valence-corrected chi connectivity index (χ0v) is 43.5. The van der Waals surface area contributed by atoms with Crippen molar-refractivity contribution in [2.75, 3.05) is 26.4 Å². The van der Waals surface area contributed by atoms with Crippen LogP contribution in [0, 0.1) is 47.3 Å². The minimum Gasteiger partial charge on any atom is -0.463 e. The Hall–Kier alpha value is -4.04. The molecule has 4 fully saturated rings. The number of unbranched alkanes of at least 4 members (excludes halogenated alkanes) is 2. The van der Waals surface area contributed by atoms with E-state index in [1.165, 1.54) is 77.0 Å². The molecule has 5 aliphatic rings. The Balaban J connectivity index is 1.17. The first-order valence-electron chi connectivity index (χ1n) is 26.6. The summed E-state index contributed by atoms with van der Waals surface area (Å²) in [5.74, 6) is 0.880. The number of esters is 6. The fourth-order valence-corrected chi connectivity index (χ4v) is 14.2. The van der Waals surface area contributed by atoms with Gasteiger partial charge >= 0.3 is 35.8 Å². The second-order valence-corrected chi connectivity index (χ2v) is 22.5. The van der Waals surface area contributed by atoms with Crippen molar-refractivity contribution in [2.24, 2.45) is 47.3 Å². The van der Waals surface area contributed by atoms with E-state index in [4.69, 9.17) is 28.4 Å². The Kier molecular flexibility index (Phi) is 22.8. The van der Waals surface area contributed by atoms with Gasteiger partial charge in [-0.15, -0.1) is 0 Å². The summed E-state index contributed by atoms with van der Waals surface area (Å²) in [6.07, 6.45) is 26.2. The predicted molar refractivity (Wildman–Crippen MR) is 271 cm³/mol. The molecule has 1 heterocycles. The number of fused-ring (bicyclic) bond motifs is 1. The number of ether oxygens (including phenoxy) is 6. The van der Waals surface area contributed by atoms with Crippen LogP contribution in [0.25, 0.3) is 0 Å². The smallest absolute Gasteiger partial charge is 0.347 e. The quantitative estimate of drug-likeness (QED) is 0.0183. The second kappa shape index (κ2) is 28.9. The molecule has 0 saturated heterocycles. The summed E-state index contributed by atoms with van der Waals surface area (Å²) in [6.45, 7) is 11.4. The molecule has 6 rings (SSSR count). The van der Waals surface area contributed by atoms with Gasteiger partial charge in [0.05, 0.1) is 52.3 Å². The normalized spacial score (nSPS) is 25.4. The van der Waals surface area contributed by atoms with Crippen molar-refractivity contribution in [3.05, 3.63) is 47.3 Å². The molecule has 70 heavy (non-hydrogen) atoms. The summed E-state index contributed by atoms with van der Waals surface area (Å²) in [6, 6.07) is 3.30. The lowest BCUT2D eigenvalue weighted by atomic mass is 9.69. The molecule has 1 aliphatic heterocycles. The van der Waals surface area contributed by atoms with E-state index in [0.717, 1.165) is 111 Å². The maximum atomic E-state index is 14.0. The summed E-state index contributed by atoms with van der Waals surface area (Å²) < 4.78 is 34.0. The van der Waals surface area contributed by atoms with Crippen molar-refractivity contribution in [3.8, 4) is 11.5 Å². The molecule has 0 atom stereocenters. The van der Waals surface area contributed by atoms with Crippen molar-refractivity contribution in [2.45, 2.75) is 178 Å². The van der Waals surface area contributed by atoms with E-state index in [1.54, 1.807) is 12.1 Å². The van der Waals surface area contributed by atoms with E-state index in [-0.39, 0.29) is 71.5 Å². The lowest BCUT2D eigenvalue weighted by Gasteiger charge is -2.37. The first-order chi connectivity index (χ1) is 34.0. The van der Waals surface area contributed by atoms with Crippen LogP contribution >= 0.6 is 23.5 Å². The molecular formula is C56H78O12S2. The highest BCUT2D eigenvalue weighted by Gasteiger charge is 2.39. The van der Waals surface area contributed by atoms with E-state index < -0.39 is 23.9 Å². The monoisotopic (exact) mass is 1010 g/mol. The Bertz CT molecular complexity index is 1840. The third kappa shape index (κ3) is 16.2. The number of thioether (sulfide) groups is 2. The van der Waals surface area contributed by atoms with Gasteiger partial charge in [0.1, 0.15) is 11.5 Å². The van der Waals surface area contributed by atoms with Gasteiger partial charge in [-0.25, -0.2) is 19.2 Å². The molecule has 0 spiro atoms. The number of carbonyl (C=O) groups is 6. The van der Waals surface area contributed by atoms with Gasteiger partial charge in [0, 0.05) is 12.2 Å². The molecule has 0 N–H and O–H groups in total. The lowest BCUT2D eigenvalue weighted by Crippen LogP contribution is -2.30. The molecule has 0 aromatic heterocycles. The van der Waals surface area contributed by atoms with Crippen molar-refractivity contribution >= 4 is 59.3 Å². The standard InChI is InChI=1S/C56H78O12S2/c1-5-13-37-15-19-39(20-16-37)41-23-27-43(28-24-41)52(59)67-45-31-32-46(68-53(60)44-29-25-42(26-30-44)40-21-17-38(14-6-2)18-22-40)51-50(45)69-56(70-51)49(54(61)65-35-11-9-33-63-47(57)7-3)55(62)66-36-12-10-34-64-48(58)8-4/h7-8,31-32,37-44H,3-6,9-30,33-36H2,1-2H3. The van der Waals surface area contributed by atoms with E-state index in [1.807, 2.05) is 0 Å². The number of hydrogen-bond acceptors (Lipinski definition) is 14. The topological polar surface area (TPSA) is 158 Å². The van der Waals surface area contributed by atoms with Gasteiger partial charge in [-0.05, 0) is 150 Å². The summed E-state index contributed by atoms with van der Waals surface area (Å²) in [5, 5.41) is 0. The molecule has 4 aliphatic carbocycles. The van der Waals surface area contributed by atoms with Crippen LogP contribution in [0.4, 0.5) is 0 Å². The highest BCUT2D eigenvalue weighted by Crippen LogP contribution is 2.59. The van der Waals surface area contributed by atoms with Crippen molar-refractivity contribution in [3.63, 3.8) is 0 Å². The van der Waals surface area contributed by atoms with Gasteiger partial charge in [-0.3, -0.25) is 9.59 Å². The van der Waals surface area contributed by atoms with E-state index >= 15 is 0 Å². The van der Waals surface area contributed by atoms with Crippen LogP contribution in [0.2, 0.25) is 0 Å². The molecule has 12 nitrogen and oxygen atoms in total. The van der Waals surface area contributed by atoms with Crippen LogP contribution in [0.3, 0.4) is 0 Å². The van der Waals surface area contributed by atoms with Gasteiger partial charge in [0.15, 0.2) is 5.57 Å². The second-order valence-electron chi connectivity index (χ2n) is 20.2. The Morgan fingerprint density at radius 2 is 0.829 bits per heavy atom. The van der Waals surface area contributed by atoms with Crippen LogP contribution in [0.15, 0.2) is 57.0 Å². The lowest BCUT2D eigenvalue weighted by molar-refractivity contribution is -0.148. The highest BCUT2D eigenvalue weighted by atomic mass is 32.2. The minimum atomic E-state index is -0.917. The summed E-state index contributed by atoms with van der Waals surface area (Å²) >= 11 is 2.16. The maximum absolute atomic E-state index is 14.0. The van der Waals surface area contributed by atoms with Crippen LogP contribution in [-0.2, 0) is 47.7 Å². The van der Waals surface area contributed by atoms with Crippen molar-refractivity contribution in [1.82, 2.24) is 0 Å².